The average molecular weight is 1300 g/mol. The second kappa shape index (κ2) is 26.6. The van der Waals surface area contributed by atoms with Gasteiger partial charge in [-0.2, -0.15) is 0 Å². The minimum atomic E-state index is 0.114. The summed E-state index contributed by atoms with van der Waals surface area (Å²) in [7, 11) is 0. The second-order valence-corrected chi connectivity index (χ2v) is 32.0. The molecule has 0 amide bonds. The van der Waals surface area contributed by atoms with Crippen LogP contribution in [0.1, 0.15) is 115 Å². The minimum Gasteiger partial charge on any atom is -0.310 e. The molecule has 0 saturated carbocycles. The van der Waals surface area contributed by atoms with Crippen LogP contribution >= 0.6 is 0 Å². The van der Waals surface area contributed by atoms with Gasteiger partial charge in [0.15, 0.2) is 0 Å². The molecule has 100 heavy (non-hydrogen) atoms. The third-order valence-electron chi connectivity index (χ3n) is 20.6. The maximum absolute atomic E-state index is 2.49. The van der Waals surface area contributed by atoms with Gasteiger partial charge < -0.3 is 9.80 Å². The summed E-state index contributed by atoms with van der Waals surface area (Å²) in [6, 6.07) is 110. The second-order valence-electron chi connectivity index (χ2n) is 32.0. The SMILES string of the molecule is Cc1ccc(N(c2ccc(-c3ccc(-c4ccc(-c5ccc(C(C)(C)CC(C)(C)C)cc5)cc4)cc3)cc2)c2cc3c4ccccc4c(N(c4ccc(-c5ccc(-c6ccc(-c7ccc(C(C)(C)CC(C)(C)C)cc7)cc6)cc5)cc4)c4ccc(C)cc4C)cc3c3ccccc23)c(C)c1. The summed E-state index contributed by atoms with van der Waals surface area (Å²) in [5, 5.41) is 7.17. The largest absolute Gasteiger partial charge is 0.310 e. The number of rotatable bonds is 16. The van der Waals surface area contributed by atoms with E-state index in [9.17, 15) is 0 Å². The van der Waals surface area contributed by atoms with Crippen LogP contribution in [-0.4, -0.2) is 0 Å². The molecule has 0 radical (unpaired) electrons. The molecule has 0 fully saturated rings. The van der Waals surface area contributed by atoms with Crippen molar-refractivity contribution < 1.29 is 0 Å². The van der Waals surface area contributed by atoms with Gasteiger partial charge in [-0.3, -0.25) is 0 Å². The molecule has 2 heteroatoms. The van der Waals surface area contributed by atoms with Crippen LogP contribution in [0.3, 0.4) is 0 Å². The van der Waals surface area contributed by atoms with Gasteiger partial charge in [0.05, 0.1) is 11.4 Å². The summed E-state index contributed by atoms with van der Waals surface area (Å²) in [5.74, 6) is 0. The number of hydrogen-bond donors (Lipinski definition) is 0. The molecule has 14 aromatic carbocycles. The summed E-state index contributed by atoms with van der Waals surface area (Å²) in [5.41, 5.74) is 29.7. The zero-order valence-electron chi connectivity index (χ0n) is 61.0. The normalized spacial score (nSPS) is 12.2. The summed E-state index contributed by atoms with van der Waals surface area (Å²) < 4.78 is 0. The van der Waals surface area contributed by atoms with Gasteiger partial charge >= 0.3 is 0 Å². The molecule has 14 aromatic rings. The highest BCUT2D eigenvalue weighted by Gasteiger charge is 2.30. The molecule has 0 N–H and O–H groups in total. The first-order valence-corrected chi connectivity index (χ1v) is 35.9. The van der Waals surface area contributed by atoms with Gasteiger partial charge in [-0.05, 0) is 221 Å². The lowest BCUT2D eigenvalue weighted by atomic mass is 9.72. The van der Waals surface area contributed by atoms with Crippen LogP contribution in [0.4, 0.5) is 34.1 Å². The Morgan fingerprint density at radius 2 is 0.450 bits per heavy atom. The molecule has 0 aromatic heterocycles. The smallest absolute Gasteiger partial charge is 0.0546 e. The number of anilines is 6. The Morgan fingerprint density at radius 3 is 0.690 bits per heavy atom. The molecule has 0 aliphatic carbocycles. The molecule has 0 spiro atoms. The average Bonchev–Trinajstić information content (AvgIpc) is 0.723. The van der Waals surface area contributed by atoms with Gasteiger partial charge in [-0.15, -0.1) is 0 Å². The van der Waals surface area contributed by atoms with Crippen molar-refractivity contribution in [1.29, 1.82) is 0 Å². The topological polar surface area (TPSA) is 6.48 Å². The van der Waals surface area contributed by atoms with E-state index < -0.39 is 0 Å². The van der Waals surface area contributed by atoms with Crippen molar-refractivity contribution >= 4 is 66.4 Å². The summed E-state index contributed by atoms with van der Waals surface area (Å²) in [4.78, 5) is 4.98. The highest BCUT2D eigenvalue weighted by atomic mass is 15.2. The van der Waals surface area contributed by atoms with E-state index in [-0.39, 0.29) is 21.7 Å². The van der Waals surface area contributed by atoms with Crippen molar-refractivity contribution in [3.63, 3.8) is 0 Å². The number of hydrogen-bond acceptors (Lipinski definition) is 2. The minimum absolute atomic E-state index is 0.114. The molecule has 0 aliphatic heterocycles. The van der Waals surface area contributed by atoms with Gasteiger partial charge in [0.2, 0.25) is 0 Å². The Labute approximate surface area is 595 Å². The van der Waals surface area contributed by atoms with Gasteiger partial charge in [-0.25, -0.2) is 0 Å². The molecule has 0 bridgehead atoms. The molecule has 14 rings (SSSR count). The van der Waals surface area contributed by atoms with Gasteiger partial charge in [-0.1, -0.05) is 323 Å². The number of nitrogens with zero attached hydrogens (tertiary/aromatic N) is 2. The van der Waals surface area contributed by atoms with Crippen LogP contribution in [-0.2, 0) is 10.8 Å². The lowest BCUT2D eigenvalue weighted by Gasteiger charge is -2.33. The Kier molecular flexibility index (Phi) is 17.7. The zero-order chi connectivity index (χ0) is 69.8. The summed E-state index contributed by atoms with van der Waals surface area (Å²) in [6.07, 6.45) is 2.26. The Bertz CT molecular complexity index is 4930. The molecule has 0 saturated heterocycles. The molecule has 0 aliphatic rings. The van der Waals surface area contributed by atoms with Crippen molar-refractivity contribution in [3.8, 4) is 66.8 Å². The van der Waals surface area contributed by atoms with E-state index in [4.69, 9.17) is 0 Å². The summed E-state index contributed by atoms with van der Waals surface area (Å²) >= 11 is 0. The van der Waals surface area contributed by atoms with Gasteiger partial charge in [0.1, 0.15) is 0 Å². The molecular formula is C98H94N2. The summed E-state index contributed by atoms with van der Waals surface area (Å²) in [6.45, 7) is 32.3. The maximum atomic E-state index is 2.49. The molecule has 0 unspecified atom stereocenters. The standard InChI is InChI=1S/C98H94N2/c1-65-23-57-91(67(3)59-65)99(83-53-45-79(46-54-83)75-37-29-71(30-38-75)69-25-33-73(34-26-69)77-41-49-81(50-42-77)97(11,12)63-95(5,6)7)93-61-89-86-20-16-18-22-88(86)94(62-90(89)85-19-15-17-21-87(85)93)100(92-58-24-66(2)60-68(92)4)84-55-47-80(48-56-84)76-39-31-72(32-40-76)70-27-35-74(36-28-70)78-43-51-82(52-44-78)98(13,14)64-96(8,9)10/h15-62H,63-64H2,1-14H3. The third-order valence-corrected chi connectivity index (χ3v) is 20.6. The number of aryl methyl sites for hydroxylation is 4. The number of benzene rings is 14. The highest BCUT2D eigenvalue weighted by molar-refractivity contribution is 6.24. The van der Waals surface area contributed by atoms with Crippen LogP contribution in [0, 0.1) is 38.5 Å². The van der Waals surface area contributed by atoms with E-state index in [1.54, 1.807) is 0 Å². The van der Waals surface area contributed by atoms with E-state index in [0.717, 1.165) is 47.0 Å². The quantitative estimate of drug-likeness (QED) is 0.0890. The van der Waals surface area contributed by atoms with Crippen molar-refractivity contribution in [2.45, 2.75) is 121 Å². The lowest BCUT2D eigenvalue weighted by Crippen LogP contribution is -2.24. The Morgan fingerprint density at radius 1 is 0.220 bits per heavy atom. The predicted octanol–water partition coefficient (Wildman–Crippen LogP) is 28.7. The van der Waals surface area contributed by atoms with E-state index in [2.05, 4.69) is 398 Å². The van der Waals surface area contributed by atoms with Crippen molar-refractivity contribution in [2.75, 3.05) is 9.80 Å². The van der Waals surface area contributed by atoms with E-state index in [1.165, 1.54) is 132 Å². The first-order valence-electron chi connectivity index (χ1n) is 35.9. The number of fused-ring (bicyclic) bond motifs is 5. The molecule has 0 atom stereocenters. The van der Waals surface area contributed by atoms with Crippen molar-refractivity contribution in [3.05, 3.63) is 325 Å². The van der Waals surface area contributed by atoms with Crippen molar-refractivity contribution in [1.82, 2.24) is 0 Å². The van der Waals surface area contributed by atoms with E-state index in [1.807, 2.05) is 0 Å². The van der Waals surface area contributed by atoms with E-state index >= 15 is 0 Å². The van der Waals surface area contributed by atoms with Crippen molar-refractivity contribution in [2.24, 2.45) is 10.8 Å². The van der Waals surface area contributed by atoms with E-state index in [0.29, 0.717) is 0 Å². The first kappa shape index (κ1) is 66.7. The fraction of sp³-hybridized carbons (Fsp3) is 0.204. The van der Waals surface area contributed by atoms with Crippen LogP contribution in [0.2, 0.25) is 0 Å². The van der Waals surface area contributed by atoms with Crippen LogP contribution in [0.5, 0.6) is 0 Å². The molecule has 0 heterocycles. The molecular weight excluding hydrogens is 1210 g/mol. The highest BCUT2D eigenvalue weighted by Crippen LogP contribution is 2.50. The maximum Gasteiger partial charge on any atom is 0.0546 e. The van der Waals surface area contributed by atoms with Gasteiger partial charge in [0, 0.05) is 33.5 Å². The zero-order valence-corrected chi connectivity index (χ0v) is 61.0. The van der Waals surface area contributed by atoms with Crippen LogP contribution in [0.25, 0.3) is 99.1 Å². The fourth-order valence-electron chi connectivity index (χ4n) is 16.3. The monoisotopic (exact) mass is 1300 g/mol. The molecule has 496 valence electrons. The Hall–Kier alpha value is -10.5. The van der Waals surface area contributed by atoms with Gasteiger partial charge in [0.25, 0.3) is 0 Å². The lowest BCUT2D eigenvalue weighted by molar-refractivity contribution is 0.283. The van der Waals surface area contributed by atoms with Crippen LogP contribution < -0.4 is 9.80 Å². The van der Waals surface area contributed by atoms with Crippen LogP contribution in [0.15, 0.2) is 291 Å². The predicted molar refractivity (Wildman–Crippen MR) is 434 cm³/mol. The molecule has 2 nitrogen and oxygen atoms in total. The third kappa shape index (κ3) is 13.8. The first-order chi connectivity index (χ1) is 47.9. The fourth-order valence-corrected chi connectivity index (χ4v) is 16.3. The Balaban J connectivity index is 0.769.